The Balaban J connectivity index is 2.10. The third-order valence-corrected chi connectivity index (χ3v) is 5.30. The van der Waals surface area contributed by atoms with Crippen molar-refractivity contribution in [2.24, 2.45) is 5.73 Å². The van der Waals surface area contributed by atoms with Gasteiger partial charge in [-0.15, -0.1) is 11.3 Å². The maximum Gasteiger partial charge on any atom is 0.329 e. The Bertz CT molecular complexity index is 1190. The number of primary amides is 1. The number of benzene rings is 1. The number of carbonyl (C=O) groups is 2. The highest BCUT2D eigenvalue weighted by molar-refractivity contribution is 7.20. The van der Waals surface area contributed by atoms with Crippen molar-refractivity contribution in [1.29, 1.82) is 0 Å². The summed E-state index contributed by atoms with van der Waals surface area (Å²) in [6, 6.07) is 3.81. The summed E-state index contributed by atoms with van der Waals surface area (Å²) in [5.41, 5.74) is 4.65. The Morgan fingerprint density at radius 2 is 1.96 bits per heavy atom. The Morgan fingerprint density at radius 1 is 1.27 bits per heavy atom. The molecule has 1 amide bonds. The molecule has 0 saturated carbocycles. The van der Waals surface area contributed by atoms with Gasteiger partial charge in [0.2, 0.25) is 0 Å². The summed E-state index contributed by atoms with van der Waals surface area (Å²) in [5.74, 6) is -1.66. The van der Waals surface area contributed by atoms with E-state index in [0.29, 0.717) is 5.56 Å². The number of aryl methyl sites for hydroxylation is 2. The number of carbonyl (C=O) groups excluding carboxylic acids is 2. The molecule has 3 rings (SSSR count). The van der Waals surface area contributed by atoms with Crippen molar-refractivity contribution in [2.45, 2.75) is 20.4 Å². The molecule has 134 valence electrons. The topological polar surface area (TPSA) is 115 Å². The molecular formula is C17H14FN3O4S. The number of nitrogens with zero attached hydrogens (tertiary/aromatic N) is 1. The first-order chi connectivity index (χ1) is 12.2. The van der Waals surface area contributed by atoms with Gasteiger partial charge < -0.3 is 5.73 Å². The van der Waals surface area contributed by atoms with E-state index in [2.05, 4.69) is 4.98 Å². The molecule has 7 nitrogen and oxygen atoms in total. The van der Waals surface area contributed by atoms with E-state index in [1.54, 1.807) is 6.92 Å². The molecule has 2 aromatic heterocycles. The second-order valence-electron chi connectivity index (χ2n) is 5.83. The number of amides is 1. The molecule has 0 aliphatic rings. The maximum atomic E-state index is 13.3. The Labute approximate surface area is 149 Å². The van der Waals surface area contributed by atoms with Gasteiger partial charge in [-0.2, -0.15) is 0 Å². The van der Waals surface area contributed by atoms with Gasteiger partial charge in [0.05, 0.1) is 16.8 Å². The van der Waals surface area contributed by atoms with Crippen LogP contribution in [0.2, 0.25) is 0 Å². The van der Waals surface area contributed by atoms with Crippen molar-refractivity contribution in [1.82, 2.24) is 9.55 Å². The molecular weight excluding hydrogens is 361 g/mol. The minimum Gasteiger partial charge on any atom is -0.365 e. The van der Waals surface area contributed by atoms with Crippen LogP contribution < -0.4 is 17.0 Å². The molecule has 0 unspecified atom stereocenters. The zero-order chi connectivity index (χ0) is 19.2. The van der Waals surface area contributed by atoms with Gasteiger partial charge in [0.1, 0.15) is 10.6 Å². The third-order valence-electron chi connectivity index (χ3n) is 4.08. The second-order valence-corrected chi connectivity index (χ2v) is 6.85. The lowest BCUT2D eigenvalue weighted by atomic mass is 10.1. The largest absolute Gasteiger partial charge is 0.365 e. The van der Waals surface area contributed by atoms with Crippen LogP contribution in [0.15, 0.2) is 27.8 Å². The van der Waals surface area contributed by atoms with Crippen LogP contribution in [0.1, 0.15) is 31.2 Å². The minimum atomic E-state index is -0.771. The van der Waals surface area contributed by atoms with Gasteiger partial charge in [0, 0.05) is 5.56 Å². The molecule has 0 radical (unpaired) electrons. The van der Waals surface area contributed by atoms with E-state index in [9.17, 15) is 23.6 Å². The van der Waals surface area contributed by atoms with E-state index in [1.807, 2.05) is 0 Å². The normalized spacial score (nSPS) is 11.0. The first-order valence-electron chi connectivity index (χ1n) is 7.56. The Hall–Kier alpha value is -3.07. The highest BCUT2D eigenvalue weighted by atomic mass is 32.1. The number of nitrogens with two attached hydrogens (primary N) is 1. The molecule has 3 N–H and O–H groups in total. The lowest BCUT2D eigenvalue weighted by molar-refractivity contribution is 0.0967. The summed E-state index contributed by atoms with van der Waals surface area (Å²) in [5, 5.41) is 0.145. The summed E-state index contributed by atoms with van der Waals surface area (Å²) in [7, 11) is 0. The molecule has 2 heterocycles. The summed E-state index contributed by atoms with van der Waals surface area (Å²) in [4.78, 5) is 51.6. The van der Waals surface area contributed by atoms with Crippen molar-refractivity contribution >= 4 is 33.2 Å². The number of aromatic nitrogens is 2. The quantitative estimate of drug-likeness (QED) is 0.672. The zero-order valence-corrected chi connectivity index (χ0v) is 14.7. The van der Waals surface area contributed by atoms with E-state index in [-0.39, 0.29) is 26.2 Å². The molecule has 0 aliphatic heterocycles. The number of ketones is 1. The predicted octanol–water partition coefficient (Wildman–Crippen LogP) is 1.49. The van der Waals surface area contributed by atoms with E-state index in [0.717, 1.165) is 22.0 Å². The fourth-order valence-corrected chi connectivity index (χ4v) is 3.72. The summed E-state index contributed by atoms with van der Waals surface area (Å²) >= 11 is 0.918. The molecule has 0 fully saturated rings. The molecule has 0 atom stereocenters. The van der Waals surface area contributed by atoms with E-state index in [4.69, 9.17) is 5.73 Å². The highest BCUT2D eigenvalue weighted by Gasteiger charge is 2.20. The number of hydrogen-bond acceptors (Lipinski definition) is 5. The number of halogens is 1. The van der Waals surface area contributed by atoms with Crippen LogP contribution in [0.3, 0.4) is 0 Å². The van der Waals surface area contributed by atoms with Crippen LogP contribution in [-0.2, 0) is 6.54 Å². The zero-order valence-electron chi connectivity index (χ0n) is 13.9. The molecule has 0 spiro atoms. The van der Waals surface area contributed by atoms with Crippen molar-refractivity contribution in [3.05, 3.63) is 66.4 Å². The number of aromatic amines is 1. The standard InChI is InChI=1S/C17H14FN3O4S/c1-7-5-9(3-4-10(7)18)11(22)6-21-16(24)12-8(2)13(14(19)23)26-15(12)20-17(21)25/h3-5H,6H2,1-2H3,(H2,19,23)(H,20,25). The van der Waals surface area contributed by atoms with Crippen molar-refractivity contribution in [2.75, 3.05) is 0 Å². The first kappa shape index (κ1) is 17.7. The van der Waals surface area contributed by atoms with Crippen LogP contribution in [0, 0.1) is 19.7 Å². The lowest BCUT2D eigenvalue weighted by Crippen LogP contribution is -2.37. The molecule has 0 aliphatic carbocycles. The van der Waals surface area contributed by atoms with Gasteiger partial charge in [-0.1, -0.05) is 0 Å². The van der Waals surface area contributed by atoms with Crippen LogP contribution in [0.5, 0.6) is 0 Å². The summed E-state index contributed by atoms with van der Waals surface area (Å²) < 4.78 is 14.1. The Kier molecular flexibility index (Phi) is 4.33. The van der Waals surface area contributed by atoms with Crippen LogP contribution in [0.25, 0.3) is 10.2 Å². The fraction of sp³-hybridized carbons (Fsp3) is 0.176. The summed E-state index contributed by atoms with van der Waals surface area (Å²) in [6.45, 7) is 2.56. The van der Waals surface area contributed by atoms with Gasteiger partial charge in [-0.05, 0) is 43.2 Å². The number of Topliss-reactive ketones (excluding diaryl/α,β-unsaturated/α-hetero) is 1. The van der Waals surface area contributed by atoms with Crippen LogP contribution in [-0.4, -0.2) is 21.2 Å². The molecule has 0 saturated heterocycles. The lowest BCUT2D eigenvalue weighted by Gasteiger charge is -2.06. The minimum absolute atomic E-state index is 0.145. The molecule has 9 heteroatoms. The first-order valence-corrected chi connectivity index (χ1v) is 8.37. The van der Waals surface area contributed by atoms with Crippen LogP contribution >= 0.6 is 11.3 Å². The van der Waals surface area contributed by atoms with E-state index in [1.165, 1.54) is 19.1 Å². The molecule has 26 heavy (non-hydrogen) atoms. The third kappa shape index (κ3) is 2.86. The number of fused-ring (bicyclic) bond motifs is 1. The van der Waals surface area contributed by atoms with Crippen molar-refractivity contribution in [3.8, 4) is 0 Å². The number of rotatable bonds is 4. The SMILES string of the molecule is Cc1cc(C(=O)Cn2c(=O)[nH]c3sc(C(N)=O)c(C)c3c2=O)ccc1F. The molecule has 0 bridgehead atoms. The van der Waals surface area contributed by atoms with Gasteiger partial charge in [0.25, 0.3) is 11.5 Å². The average molecular weight is 375 g/mol. The van der Waals surface area contributed by atoms with Crippen LogP contribution in [0.4, 0.5) is 4.39 Å². The average Bonchev–Trinajstić information content (AvgIpc) is 2.90. The monoisotopic (exact) mass is 375 g/mol. The molecule has 1 aromatic carbocycles. The summed E-state index contributed by atoms with van der Waals surface area (Å²) in [6.07, 6.45) is 0. The molecule has 3 aromatic rings. The smallest absolute Gasteiger partial charge is 0.329 e. The van der Waals surface area contributed by atoms with Gasteiger partial charge in [0.15, 0.2) is 5.78 Å². The number of hydrogen-bond donors (Lipinski definition) is 2. The maximum absolute atomic E-state index is 13.3. The van der Waals surface area contributed by atoms with Crippen molar-refractivity contribution < 1.29 is 14.0 Å². The second kappa shape index (κ2) is 6.34. The number of H-pyrrole nitrogens is 1. The van der Waals surface area contributed by atoms with Gasteiger partial charge >= 0.3 is 5.69 Å². The van der Waals surface area contributed by atoms with Gasteiger partial charge in [-0.3, -0.25) is 23.9 Å². The van der Waals surface area contributed by atoms with Gasteiger partial charge in [-0.25, -0.2) is 9.18 Å². The van der Waals surface area contributed by atoms with Crippen molar-refractivity contribution in [3.63, 3.8) is 0 Å². The Morgan fingerprint density at radius 3 is 2.58 bits per heavy atom. The van der Waals surface area contributed by atoms with E-state index >= 15 is 0 Å². The highest BCUT2D eigenvalue weighted by Crippen LogP contribution is 2.25. The number of thiophene rings is 1. The van der Waals surface area contributed by atoms with E-state index < -0.39 is 35.3 Å². The number of nitrogens with one attached hydrogen (secondary N) is 1. The predicted molar refractivity (Wildman–Crippen MR) is 95.4 cm³/mol. The fourth-order valence-electron chi connectivity index (χ4n) is 2.68.